The van der Waals surface area contributed by atoms with E-state index in [-0.39, 0.29) is 6.10 Å². The number of thiophene rings is 1. The molecule has 1 aromatic rings. The largest absolute Gasteiger partial charge is 0.387 e. The molecule has 2 rings (SSSR count). The Labute approximate surface area is 94.9 Å². The first-order valence-electron chi connectivity index (χ1n) is 5.65. The van der Waals surface area contributed by atoms with E-state index in [1.807, 2.05) is 0 Å². The van der Waals surface area contributed by atoms with E-state index in [1.54, 1.807) is 11.3 Å². The third-order valence-corrected chi connectivity index (χ3v) is 4.10. The zero-order valence-electron chi connectivity index (χ0n) is 9.11. The van der Waals surface area contributed by atoms with Gasteiger partial charge >= 0.3 is 0 Å². The predicted octanol–water partition coefficient (Wildman–Crippen LogP) is 2.77. The Morgan fingerprint density at radius 3 is 3.20 bits per heavy atom. The smallest absolute Gasteiger partial charge is 0.0934 e. The highest BCUT2D eigenvalue weighted by atomic mass is 32.1. The maximum atomic E-state index is 10.3. The molecule has 0 aromatic carbocycles. The van der Waals surface area contributed by atoms with Gasteiger partial charge in [0.05, 0.1) is 12.7 Å². The normalized spacial score (nSPS) is 24.0. The van der Waals surface area contributed by atoms with Crippen molar-refractivity contribution in [3.8, 4) is 0 Å². The second-order valence-electron chi connectivity index (χ2n) is 4.09. The monoisotopic (exact) mass is 226 g/mol. The summed E-state index contributed by atoms with van der Waals surface area (Å²) in [4.78, 5) is 1.15. The number of ether oxygens (including phenoxy) is 1. The highest BCUT2D eigenvalue weighted by Crippen LogP contribution is 2.33. The first-order chi connectivity index (χ1) is 7.33. The highest BCUT2D eigenvalue weighted by molar-refractivity contribution is 7.10. The van der Waals surface area contributed by atoms with Crippen molar-refractivity contribution < 1.29 is 9.84 Å². The average molecular weight is 226 g/mol. The first-order valence-corrected chi connectivity index (χ1v) is 6.53. The summed E-state index contributed by atoms with van der Waals surface area (Å²) in [7, 11) is 0. The molecule has 3 heteroatoms. The predicted molar refractivity (Wildman–Crippen MR) is 62.2 cm³/mol. The third kappa shape index (κ3) is 2.41. The summed E-state index contributed by atoms with van der Waals surface area (Å²) < 4.78 is 5.42. The number of hydrogen-bond donors (Lipinski definition) is 1. The van der Waals surface area contributed by atoms with Gasteiger partial charge in [0, 0.05) is 17.4 Å². The Hall–Kier alpha value is -0.380. The van der Waals surface area contributed by atoms with Crippen molar-refractivity contribution in [1.82, 2.24) is 0 Å². The molecule has 0 spiro atoms. The minimum absolute atomic E-state index is 0.294. The summed E-state index contributed by atoms with van der Waals surface area (Å²) in [5, 5.41) is 12.3. The van der Waals surface area contributed by atoms with Crippen molar-refractivity contribution in [1.29, 1.82) is 0 Å². The van der Waals surface area contributed by atoms with Gasteiger partial charge in [0.25, 0.3) is 0 Å². The molecule has 1 saturated heterocycles. The molecule has 0 saturated carbocycles. The molecule has 2 heterocycles. The molecule has 2 nitrogen and oxygen atoms in total. The summed E-state index contributed by atoms with van der Waals surface area (Å²) in [5.41, 5.74) is 1.29. The fourth-order valence-electron chi connectivity index (χ4n) is 2.13. The van der Waals surface area contributed by atoms with Crippen LogP contribution in [0.25, 0.3) is 0 Å². The number of rotatable bonds is 3. The van der Waals surface area contributed by atoms with Gasteiger partial charge in [-0.2, -0.15) is 0 Å². The van der Waals surface area contributed by atoms with E-state index in [4.69, 9.17) is 4.74 Å². The SMILES string of the molecule is CCc1ccsc1C(O)C1CCCOC1. The van der Waals surface area contributed by atoms with Crippen molar-refractivity contribution in [3.63, 3.8) is 0 Å². The summed E-state index contributed by atoms with van der Waals surface area (Å²) in [6.07, 6.45) is 2.85. The molecule has 84 valence electrons. The van der Waals surface area contributed by atoms with Crippen LogP contribution < -0.4 is 0 Å². The van der Waals surface area contributed by atoms with E-state index in [1.165, 1.54) is 5.56 Å². The minimum atomic E-state index is -0.319. The van der Waals surface area contributed by atoms with Gasteiger partial charge in [-0.3, -0.25) is 0 Å². The zero-order valence-corrected chi connectivity index (χ0v) is 9.93. The van der Waals surface area contributed by atoms with E-state index < -0.39 is 0 Å². The second kappa shape index (κ2) is 5.10. The fraction of sp³-hybridized carbons (Fsp3) is 0.667. The third-order valence-electron chi connectivity index (χ3n) is 3.07. The topological polar surface area (TPSA) is 29.5 Å². The molecule has 0 aliphatic carbocycles. The average Bonchev–Trinajstić information content (AvgIpc) is 2.77. The van der Waals surface area contributed by atoms with E-state index in [0.717, 1.165) is 30.7 Å². The Balaban J connectivity index is 2.08. The van der Waals surface area contributed by atoms with E-state index in [2.05, 4.69) is 18.4 Å². The Morgan fingerprint density at radius 2 is 2.53 bits per heavy atom. The summed E-state index contributed by atoms with van der Waals surface area (Å²) in [6, 6.07) is 2.12. The van der Waals surface area contributed by atoms with Crippen molar-refractivity contribution in [2.24, 2.45) is 5.92 Å². The van der Waals surface area contributed by atoms with Crippen LogP contribution in [0.4, 0.5) is 0 Å². The fourth-order valence-corrected chi connectivity index (χ4v) is 3.20. The summed E-state index contributed by atoms with van der Waals surface area (Å²) in [6.45, 7) is 3.70. The molecule has 1 aliphatic rings. The molecule has 0 bridgehead atoms. The van der Waals surface area contributed by atoms with Crippen molar-refractivity contribution in [3.05, 3.63) is 21.9 Å². The molecular weight excluding hydrogens is 208 g/mol. The van der Waals surface area contributed by atoms with Crippen LogP contribution in [-0.2, 0) is 11.2 Å². The summed E-state index contributed by atoms with van der Waals surface area (Å²) in [5.74, 6) is 0.294. The summed E-state index contributed by atoms with van der Waals surface area (Å²) >= 11 is 1.67. The standard InChI is InChI=1S/C12H18O2S/c1-2-9-5-7-15-12(9)11(13)10-4-3-6-14-8-10/h5,7,10-11,13H,2-4,6,8H2,1H3. The van der Waals surface area contributed by atoms with Gasteiger partial charge in [-0.25, -0.2) is 0 Å². The maximum absolute atomic E-state index is 10.3. The Morgan fingerprint density at radius 1 is 1.67 bits per heavy atom. The molecule has 2 unspecified atom stereocenters. The number of hydrogen-bond acceptors (Lipinski definition) is 3. The molecule has 1 N–H and O–H groups in total. The zero-order chi connectivity index (χ0) is 10.7. The quantitative estimate of drug-likeness (QED) is 0.858. The van der Waals surface area contributed by atoms with Crippen molar-refractivity contribution >= 4 is 11.3 Å². The molecule has 1 fully saturated rings. The highest BCUT2D eigenvalue weighted by Gasteiger charge is 2.25. The maximum Gasteiger partial charge on any atom is 0.0934 e. The Kier molecular flexibility index (Phi) is 3.78. The van der Waals surface area contributed by atoms with E-state index >= 15 is 0 Å². The van der Waals surface area contributed by atoms with Crippen LogP contribution in [0, 0.1) is 5.92 Å². The van der Waals surface area contributed by atoms with E-state index in [9.17, 15) is 5.11 Å². The van der Waals surface area contributed by atoms with Gasteiger partial charge in [0.15, 0.2) is 0 Å². The molecule has 1 aliphatic heterocycles. The van der Waals surface area contributed by atoms with Gasteiger partial charge < -0.3 is 9.84 Å². The molecule has 1 aromatic heterocycles. The van der Waals surface area contributed by atoms with Gasteiger partial charge in [-0.15, -0.1) is 11.3 Å². The van der Waals surface area contributed by atoms with Gasteiger partial charge in [-0.1, -0.05) is 6.92 Å². The molecule has 2 atom stereocenters. The van der Waals surface area contributed by atoms with Gasteiger partial charge in [-0.05, 0) is 36.3 Å². The van der Waals surface area contributed by atoms with Crippen LogP contribution in [0.3, 0.4) is 0 Å². The van der Waals surface area contributed by atoms with E-state index in [0.29, 0.717) is 12.5 Å². The Bertz CT molecular complexity index is 302. The lowest BCUT2D eigenvalue weighted by atomic mass is 9.93. The molecule has 0 amide bonds. The number of aryl methyl sites for hydroxylation is 1. The van der Waals surface area contributed by atoms with Crippen molar-refractivity contribution in [2.45, 2.75) is 32.3 Å². The lowest BCUT2D eigenvalue weighted by Gasteiger charge is -2.26. The lowest BCUT2D eigenvalue weighted by molar-refractivity contribution is -0.00888. The second-order valence-corrected chi connectivity index (χ2v) is 5.03. The minimum Gasteiger partial charge on any atom is -0.387 e. The van der Waals surface area contributed by atoms with Crippen LogP contribution in [-0.4, -0.2) is 18.3 Å². The van der Waals surface area contributed by atoms with Gasteiger partial charge in [0.1, 0.15) is 0 Å². The van der Waals surface area contributed by atoms with Gasteiger partial charge in [0.2, 0.25) is 0 Å². The molecule has 15 heavy (non-hydrogen) atoms. The van der Waals surface area contributed by atoms with Crippen molar-refractivity contribution in [2.75, 3.05) is 13.2 Å². The molecular formula is C12H18O2S. The first kappa shape index (κ1) is 11.1. The molecule has 0 radical (unpaired) electrons. The van der Waals surface area contributed by atoms with Crippen LogP contribution in [0.5, 0.6) is 0 Å². The van der Waals surface area contributed by atoms with Crippen LogP contribution in [0.15, 0.2) is 11.4 Å². The van der Waals surface area contributed by atoms with Crippen LogP contribution >= 0.6 is 11.3 Å². The van der Waals surface area contributed by atoms with Crippen LogP contribution in [0.2, 0.25) is 0 Å². The number of aliphatic hydroxyl groups excluding tert-OH is 1. The lowest BCUT2D eigenvalue weighted by Crippen LogP contribution is -2.23. The van der Waals surface area contributed by atoms with Crippen LogP contribution in [0.1, 0.15) is 36.3 Å². The number of aliphatic hydroxyl groups is 1.